The van der Waals surface area contributed by atoms with Crippen molar-refractivity contribution in [3.8, 4) is 0 Å². The minimum Gasteiger partial charge on any atom is -0.317 e. The van der Waals surface area contributed by atoms with Gasteiger partial charge in [-0.25, -0.2) is 4.98 Å². The molecular formula is C16H24N4. The quantitative estimate of drug-likeness (QED) is 0.905. The van der Waals surface area contributed by atoms with E-state index in [4.69, 9.17) is 4.98 Å². The first-order chi connectivity index (χ1) is 9.85. The third-order valence-corrected chi connectivity index (χ3v) is 4.22. The molecule has 1 aliphatic heterocycles. The van der Waals surface area contributed by atoms with Crippen molar-refractivity contribution in [2.45, 2.75) is 26.3 Å². The zero-order valence-corrected chi connectivity index (χ0v) is 12.3. The van der Waals surface area contributed by atoms with Gasteiger partial charge < -0.3 is 9.72 Å². The van der Waals surface area contributed by atoms with Gasteiger partial charge in [0.2, 0.25) is 0 Å². The summed E-state index contributed by atoms with van der Waals surface area (Å²) in [5.41, 5.74) is 2.22. The van der Waals surface area contributed by atoms with Crippen molar-refractivity contribution in [2.75, 3.05) is 26.2 Å². The van der Waals surface area contributed by atoms with E-state index < -0.39 is 0 Å². The second-order valence-electron chi connectivity index (χ2n) is 5.72. The lowest BCUT2D eigenvalue weighted by molar-refractivity contribution is 0.205. The summed E-state index contributed by atoms with van der Waals surface area (Å²) in [5, 5.41) is 3.44. The molecule has 2 aromatic rings. The summed E-state index contributed by atoms with van der Waals surface area (Å²) in [6, 6.07) is 6.15. The van der Waals surface area contributed by atoms with Crippen LogP contribution in [-0.2, 0) is 6.54 Å². The van der Waals surface area contributed by atoms with Crippen LogP contribution in [0.15, 0.2) is 30.6 Å². The summed E-state index contributed by atoms with van der Waals surface area (Å²) in [4.78, 5) is 7.23. The van der Waals surface area contributed by atoms with Gasteiger partial charge in [0, 0.05) is 25.5 Å². The molecule has 0 radical (unpaired) electrons. The smallest absolute Gasteiger partial charge is 0.137 e. The molecule has 0 atom stereocenters. The largest absolute Gasteiger partial charge is 0.317 e. The maximum atomic E-state index is 4.70. The van der Waals surface area contributed by atoms with Gasteiger partial charge in [-0.1, -0.05) is 13.0 Å². The summed E-state index contributed by atoms with van der Waals surface area (Å²) in [5.74, 6) is 0.841. The first-order valence-corrected chi connectivity index (χ1v) is 7.71. The average Bonchev–Trinajstić information content (AvgIpc) is 2.90. The number of pyridine rings is 1. The Morgan fingerprint density at radius 1 is 1.35 bits per heavy atom. The lowest BCUT2D eigenvalue weighted by atomic mass is 9.97. The molecule has 1 fully saturated rings. The number of fused-ring (bicyclic) bond motifs is 1. The van der Waals surface area contributed by atoms with Gasteiger partial charge >= 0.3 is 0 Å². The van der Waals surface area contributed by atoms with E-state index in [1.165, 1.54) is 38.2 Å². The van der Waals surface area contributed by atoms with Crippen molar-refractivity contribution in [2.24, 2.45) is 5.92 Å². The molecule has 0 unspecified atom stereocenters. The molecule has 1 aliphatic rings. The number of nitrogens with zero attached hydrogens (tertiary/aromatic N) is 3. The van der Waals surface area contributed by atoms with Crippen LogP contribution in [0.25, 0.3) is 5.65 Å². The number of hydrogen-bond acceptors (Lipinski definition) is 3. The number of aromatic nitrogens is 2. The fourth-order valence-electron chi connectivity index (χ4n) is 3.03. The van der Waals surface area contributed by atoms with E-state index in [1.807, 2.05) is 12.1 Å². The predicted octanol–water partition coefficient (Wildman–Crippen LogP) is 2.16. The Morgan fingerprint density at radius 3 is 2.95 bits per heavy atom. The number of piperidine rings is 1. The van der Waals surface area contributed by atoms with E-state index in [9.17, 15) is 0 Å². The number of hydrogen-bond donors (Lipinski definition) is 1. The van der Waals surface area contributed by atoms with Gasteiger partial charge in [-0.15, -0.1) is 0 Å². The maximum Gasteiger partial charge on any atom is 0.137 e. The summed E-state index contributed by atoms with van der Waals surface area (Å²) < 4.78 is 2.10. The molecule has 0 aromatic carbocycles. The Hall–Kier alpha value is -1.39. The van der Waals surface area contributed by atoms with Crippen LogP contribution in [0.2, 0.25) is 0 Å². The zero-order valence-electron chi connectivity index (χ0n) is 12.3. The summed E-state index contributed by atoms with van der Waals surface area (Å²) in [7, 11) is 0. The van der Waals surface area contributed by atoms with Gasteiger partial charge in [0.1, 0.15) is 5.65 Å². The first kappa shape index (κ1) is 13.6. The molecule has 0 saturated carbocycles. The van der Waals surface area contributed by atoms with Crippen LogP contribution in [-0.4, -0.2) is 40.5 Å². The van der Waals surface area contributed by atoms with Gasteiger partial charge in [-0.05, 0) is 50.5 Å². The molecule has 2 aromatic heterocycles. The Bertz CT molecular complexity index is 509. The summed E-state index contributed by atoms with van der Waals surface area (Å²) >= 11 is 0. The highest BCUT2D eigenvalue weighted by Gasteiger charge is 2.17. The molecule has 0 spiro atoms. The highest BCUT2D eigenvalue weighted by Crippen LogP contribution is 2.15. The van der Waals surface area contributed by atoms with E-state index in [0.29, 0.717) is 0 Å². The van der Waals surface area contributed by atoms with Crippen molar-refractivity contribution < 1.29 is 0 Å². The van der Waals surface area contributed by atoms with Crippen LogP contribution in [0.3, 0.4) is 0 Å². The molecule has 108 valence electrons. The maximum absolute atomic E-state index is 4.70. The highest BCUT2D eigenvalue weighted by atomic mass is 15.1. The SMILES string of the molecule is CCN(Cc1cn2ccccc2n1)CC1CCNCC1. The van der Waals surface area contributed by atoms with Crippen LogP contribution >= 0.6 is 0 Å². The van der Waals surface area contributed by atoms with E-state index in [1.54, 1.807) is 0 Å². The highest BCUT2D eigenvalue weighted by molar-refractivity contribution is 5.39. The predicted molar refractivity (Wildman–Crippen MR) is 81.7 cm³/mol. The third-order valence-electron chi connectivity index (χ3n) is 4.22. The Morgan fingerprint density at radius 2 is 2.20 bits per heavy atom. The molecule has 3 heterocycles. The monoisotopic (exact) mass is 272 g/mol. The third kappa shape index (κ3) is 3.19. The summed E-state index contributed by atoms with van der Waals surface area (Å²) in [6.45, 7) is 7.86. The van der Waals surface area contributed by atoms with Crippen LogP contribution in [0.4, 0.5) is 0 Å². The van der Waals surface area contributed by atoms with E-state index in [-0.39, 0.29) is 0 Å². The van der Waals surface area contributed by atoms with E-state index in [0.717, 1.165) is 24.7 Å². The Balaban J connectivity index is 1.64. The fourth-order valence-corrected chi connectivity index (χ4v) is 3.03. The lowest BCUT2D eigenvalue weighted by Gasteiger charge is -2.28. The molecule has 1 saturated heterocycles. The van der Waals surface area contributed by atoms with Crippen molar-refractivity contribution >= 4 is 5.65 Å². The van der Waals surface area contributed by atoms with Crippen LogP contribution in [0.1, 0.15) is 25.5 Å². The van der Waals surface area contributed by atoms with Crippen molar-refractivity contribution in [1.82, 2.24) is 19.6 Å². The molecule has 0 aliphatic carbocycles. The zero-order chi connectivity index (χ0) is 13.8. The first-order valence-electron chi connectivity index (χ1n) is 7.71. The van der Waals surface area contributed by atoms with Crippen LogP contribution in [0, 0.1) is 5.92 Å². The summed E-state index contributed by atoms with van der Waals surface area (Å²) in [6.07, 6.45) is 6.83. The molecule has 4 nitrogen and oxygen atoms in total. The Kier molecular flexibility index (Phi) is 4.33. The van der Waals surface area contributed by atoms with Crippen LogP contribution in [0.5, 0.6) is 0 Å². The van der Waals surface area contributed by atoms with Gasteiger partial charge in [0.15, 0.2) is 0 Å². The van der Waals surface area contributed by atoms with Crippen LogP contribution < -0.4 is 5.32 Å². The minimum atomic E-state index is 0.841. The topological polar surface area (TPSA) is 32.6 Å². The van der Waals surface area contributed by atoms with Gasteiger partial charge in [-0.3, -0.25) is 4.90 Å². The average molecular weight is 272 g/mol. The number of nitrogens with one attached hydrogen (secondary N) is 1. The molecule has 20 heavy (non-hydrogen) atoms. The van der Waals surface area contributed by atoms with Crippen molar-refractivity contribution in [3.05, 3.63) is 36.3 Å². The molecular weight excluding hydrogens is 248 g/mol. The molecule has 4 heteroatoms. The number of imidazole rings is 1. The standard InChI is InChI=1S/C16H24N4/c1-2-19(11-14-6-8-17-9-7-14)12-15-13-20-10-4-3-5-16(20)18-15/h3-5,10,13-14,17H,2,6-9,11-12H2,1H3. The normalized spacial score (nSPS) is 17.1. The second kappa shape index (κ2) is 6.37. The van der Waals surface area contributed by atoms with Crippen molar-refractivity contribution in [1.29, 1.82) is 0 Å². The van der Waals surface area contributed by atoms with Crippen molar-refractivity contribution in [3.63, 3.8) is 0 Å². The van der Waals surface area contributed by atoms with E-state index >= 15 is 0 Å². The van der Waals surface area contributed by atoms with Gasteiger partial charge in [0.05, 0.1) is 5.69 Å². The minimum absolute atomic E-state index is 0.841. The van der Waals surface area contributed by atoms with Gasteiger partial charge in [-0.2, -0.15) is 0 Å². The second-order valence-corrected chi connectivity index (χ2v) is 5.72. The number of rotatable bonds is 5. The van der Waals surface area contributed by atoms with E-state index in [2.05, 4.69) is 40.0 Å². The molecule has 3 rings (SSSR count). The molecule has 0 amide bonds. The molecule has 1 N–H and O–H groups in total. The fraction of sp³-hybridized carbons (Fsp3) is 0.562. The van der Waals surface area contributed by atoms with Gasteiger partial charge in [0.25, 0.3) is 0 Å². The molecule has 0 bridgehead atoms. The Labute approximate surface area is 120 Å². The lowest BCUT2D eigenvalue weighted by Crippen LogP contribution is -2.36.